The van der Waals surface area contributed by atoms with Gasteiger partial charge in [0.1, 0.15) is 0 Å². The van der Waals surface area contributed by atoms with Crippen molar-refractivity contribution < 1.29 is 0 Å². The molecule has 15 heavy (non-hydrogen) atoms. The maximum Gasteiger partial charge on any atom is 0.187 e. The van der Waals surface area contributed by atoms with Gasteiger partial charge >= 0.3 is 0 Å². The number of rotatable bonds is 6. The van der Waals surface area contributed by atoms with E-state index in [-0.39, 0.29) is 0 Å². The zero-order chi connectivity index (χ0) is 11.1. The fraction of sp³-hybridized carbons (Fsp3) is 0.636. The van der Waals surface area contributed by atoms with Crippen LogP contribution in [0.2, 0.25) is 0 Å². The first-order chi connectivity index (χ1) is 7.22. The molecule has 0 fully saturated rings. The molecule has 0 atom stereocenters. The van der Waals surface area contributed by atoms with Crippen molar-refractivity contribution in [2.24, 2.45) is 5.92 Å². The Morgan fingerprint density at radius 1 is 1.33 bits per heavy atom. The van der Waals surface area contributed by atoms with E-state index in [2.05, 4.69) is 29.1 Å². The zero-order valence-corrected chi connectivity index (χ0v) is 10.5. The van der Waals surface area contributed by atoms with Gasteiger partial charge < -0.3 is 5.32 Å². The molecule has 1 aromatic heterocycles. The van der Waals surface area contributed by atoms with Crippen molar-refractivity contribution in [1.82, 2.24) is 15.3 Å². The Kier molecular flexibility index (Phi) is 5.65. The van der Waals surface area contributed by atoms with Crippen molar-refractivity contribution in [3.63, 3.8) is 0 Å². The number of aromatic nitrogens is 2. The molecule has 0 aliphatic carbocycles. The zero-order valence-electron chi connectivity index (χ0n) is 9.66. The number of hydrogen-bond donors (Lipinski definition) is 1. The molecule has 0 aromatic carbocycles. The van der Waals surface area contributed by atoms with E-state index in [4.69, 9.17) is 0 Å². The molecule has 0 radical (unpaired) electrons. The summed E-state index contributed by atoms with van der Waals surface area (Å²) in [6.07, 6.45) is 6.97. The van der Waals surface area contributed by atoms with Gasteiger partial charge in [-0.05, 0) is 25.1 Å². The van der Waals surface area contributed by atoms with E-state index in [1.165, 1.54) is 6.42 Å². The summed E-state index contributed by atoms with van der Waals surface area (Å²) in [5.41, 5.74) is 1.15. The summed E-state index contributed by atoms with van der Waals surface area (Å²) in [6, 6.07) is 0. The molecule has 0 spiro atoms. The van der Waals surface area contributed by atoms with Crippen LogP contribution in [0.1, 0.15) is 25.8 Å². The summed E-state index contributed by atoms with van der Waals surface area (Å²) >= 11 is 1.57. The third-order valence-corrected chi connectivity index (χ3v) is 2.67. The molecule has 0 saturated carbocycles. The molecule has 1 heterocycles. The molecule has 1 aromatic rings. The fourth-order valence-electron chi connectivity index (χ4n) is 1.16. The van der Waals surface area contributed by atoms with Crippen molar-refractivity contribution >= 4 is 11.8 Å². The number of hydrogen-bond acceptors (Lipinski definition) is 4. The van der Waals surface area contributed by atoms with E-state index < -0.39 is 0 Å². The lowest BCUT2D eigenvalue weighted by Gasteiger charge is -2.06. The van der Waals surface area contributed by atoms with Crippen LogP contribution in [0.5, 0.6) is 0 Å². The predicted molar refractivity (Wildman–Crippen MR) is 65.0 cm³/mol. The normalized spacial score (nSPS) is 10.9. The first-order valence-electron chi connectivity index (χ1n) is 5.28. The average Bonchev–Trinajstić information content (AvgIpc) is 2.25. The van der Waals surface area contributed by atoms with E-state index >= 15 is 0 Å². The highest BCUT2D eigenvalue weighted by molar-refractivity contribution is 7.98. The van der Waals surface area contributed by atoms with Gasteiger partial charge in [-0.3, -0.25) is 0 Å². The van der Waals surface area contributed by atoms with Crippen molar-refractivity contribution in [3.05, 3.63) is 18.0 Å². The molecule has 0 saturated heterocycles. The van der Waals surface area contributed by atoms with Gasteiger partial charge in [-0.15, -0.1) is 0 Å². The number of nitrogens with one attached hydrogen (secondary N) is 1. The molecule has 0 unspecified atom stereocenters. The Labute approximate surface area is 96.1 Å². The minimum Gasteiger partial charge on any atom is -0.313 e. The van der Waals surface area contributed by atoms with Gasteiger partial charge in [0.15, 0.2) is 5.16 Å². The first-order valence-corrected chi connectivity index (χ1v) is 6.50. The fourth-order valence-corrected chi connectivity index (χ4v) is 1.48. The molecule has 0 aliphatic rings. The molecule has 3 nitrogen and oxygen atoms in total. The van der Waals surface area contributed by atoms with Crippen LogP contribution in [-0.4, -0.2) is 22.8 Å². The largest absolute Gasteiger partial charge is 0.313 e. The van der Waals surface area contributed by atoms with Gasteiger partial charge in [0, 0.05) is 24.5 Å². The van der Waals surface area contributed by atoms with Crippen LogP contribution < -0.4 is 5.32 Å². The van der Waals surface area contributed by atoms with Gasteiger partial charge in [-0.2, -0.15) is 0 Å². The summed E-state index contributed by atoms with van der Waals surface area (Å²) in [4.78, 5) is 8.45. The summed E-state index contributed by atoms with van der Waals surface area (Å²) in [5.74, 6) is 0.757. The van der Waals surface area contributed by atoms with Crippen molar-refractivity contribution in [2.75, 3.05) is 12.8 Å². The highest BCUT2D eigenvalue weighted by Gasteiger charge is 1.97. The second-order valence-corrected chi connectivity index (χ2v) is 4.71. The predicted octanol–water partition coefficient (Wildman–Crippen LogP) is 2.33. The molecule has 1 N–H and O–H groups in total. The molecule has 1 rings (SSSR count). The number of thioether (sulfide) groups is 1. The van der Waals surface area contributed by atoms with Crippen LogP contribution in [0, 0.1) is 5.92 Å². The van der Waals surface area contributed by atoms with Crippen LogP contribution in [0.4, 0.5) is 0 Å². The Balaban J connectivity index is 2.25. The van der Waals surface area contributed by atoms with Crippen molar-refractivity contribution in [1.29, 1.82) is 0 Å². The third-order valence-electron chi connectivity index (χ3n) is 2.09. The van der Waals surface area contributed by atoms with E-state index in [1.54, 1.807) is 11.8 Å². The highest BCUT2D eigenvalue weighted by atomic mass is 32.2. The Morgan fingerprint density at radius 2 is 2.00 bits per heavy atom. The molecule has 0 amide bonds. The second-order valence-electron chi connectivity index (χ2n) is 3.94. The van der Waals surface area contributed by atoms with E-state index in [9.17, 15) is 0 Å². The van der Waals surface area contributed by atoms with E-state index in [0.29, 0.717) is 0 Å². The lowest BCUT2D eigenvalue weighted by atomic mass is 10.1. The van der Waals surface area contributed by atoms with Crippen molar-refractivity contribution in [3.8, 4) is 0 Å². The Hall–Kier alpha value is -0.610. The summed E-state index contributed by atoms with van der Waals surface area (Å²) < 4.78 is 0. The Morgan fingerprint density at radius 3 is 2.53 bits per heavy atom. The summed E-state index contributed by atoms with van der Waals surface area (Å²) in [7, 11) is 0. The molecule has 0 bridgehead atoms. The minimum absolute atomic E-state index is 0.757. The Bertz CT molecular complexity index is 272. The van der Waals surface area contributed by atoms with Crippen LogP contribution >= 0.6 is 11.8 Å². The van der Waals surface area contributed by atoms with Gasteiger partial charge in [0.05, 0.1) is 0 Å². The van der Waals surface area contributed by atoms with E-state index in [1.807, 2.05) is 18.6 Å². The molecule has 4 heteroatoms. The highest BCUT2D eigenvalue weighted by Crippen LogP contribution is 2.06. The average molecular weight is 225 g/mol. The molecular formula is C11H19N3S. The van der Waals surface area contributed by atoms with Gasteiger partial charge in [-0.1, -0.05) is 25.6 Å². The van der Waals surface area contributed by atoms with Gasteiger partial charge in [0.25, 0.3) is 0 Å². The summed E-state index contributed by atoms with van der Waals surface area (Å²) in [6.45, 7) is 6.39. The summed E-state index contributed by atoms with van der Waals surface area (Å²) in [5, 5.41) is 4.22. The molecule has 0 aliphatic heterocycles. The standard InChI is InChI=1S/C11H19N3S/c1-9(2)4-5-12-6-10-7-13-11(15-3)14-8-10/h7-9,12H,4-6H2,1-3H3. The third kappa shape index (κ3) is 5.14. The monoisotopic (exact) mass is 225 g/mol. The number of nitrogens with zero attached hydrogens (tertiary/aromatic N) is 2. The molecular weight excluding hydrogens is 206 g/mol. The SMILES string of the molecule is CSc1ncc(CNCCC(C)C)cn1. The maximum absolute atomic E-state index is 4.22. The minimum atomic E-state index is 0.757. The first kappa shape index (κ1) is 12.5. The van der Waals surface area contributed by atoms with E-state index in [0.717, 1.165) is 29.7 Å². The second kappa shape index (κ2) is 6.80. The van der Waals surface area contributed by atoms with Crippen LogP contribution in [0.3, 0.4) is 0 Å². The smallest absolute Gasteiger partial charge is 0.187 e. The lowest BCUT2D eigenvalue weighted by molar-refractivity contribution is 0.536. The van der Waals surface area contributed by atoms with Crippen LogP contribution in [0.25, 0.3) is 0 Å². The van der Waals surface area contributed by atoms with Gasteiger partial charge in [0.2, 0.25) is 0 Å². The molecule has 84 valence electrons. The van der Waals surface area contributed by atoms with Crippen LogP contribution in [-0.2, 0) is 6.54 Å². The lowest BCUT2D eigenvalue weighted by Crippen LogP contribution is -2.16. The quantitative estimate of drug-likeness (QED) is 0.458. The van der Waals surface area contributed by atoms with Crippen LogP contribution in [0.15, 0.2) is 17.6 Å². The maximum atomic E-state index is 4.22. The van der Waals surface area contributed by atoms with Gasteiger partial charge in [-0.25, -0.2) is 9.97 Å². The topological polar surface area (TPSA) is 37.8 Å². The van der Waals surface area contributed by atoms with Crippen molar-refractivity contribution in [2.45, 2.75) is 32.0 Å².